The summed E-state index contributed by atoms with van der Waals surface area (Å²) in [5, 5.41) is 0. The van der Waals surface area contributed by atoms with E-state index < -0.39 is 15.6 Å². The predicted molar refractivity (Wildman–Crippen MR) is 72.4 cm³/mol. The molecule has 0 amide bonds. The molecular weight excluding hydrogens is 267 g/mol. The minimum absolute atomic E-state index is 0.144. The highest BCUT2D eigenvalue weighted by atomic mass is 32.2. The van der Waals surface area contributed by atoms with E-state index in [4.69, 9.17) is 5.73 Å². The molecule has 4 nitrogen and oxygen atoms in total. The number of benzene rings is 1. The molecule has 2 rings (SSSR count). The summed E-state index contributed by atoms with van der Waals surface area (Å²) in [4.78, 5) is 0. The van der Waals surface area contributed by atoms with Crippen molar-refractivity contribution in [3.8, 4) is 0 Å². The normalized spacial score (nSPS) is 18.6. The molecule has 1 aromatic carbocycles. The largest absolute Gasteiger partial charge is 0.329 e. The van der Waals surface area contributed by atoms with Crippen LogP contribution in [0.2, 0.25) is 0 Å². The molecule has 106 valence electrons. The van der Waals surface area contributed by atoms with Crippen LogP contribution in [-0.2, 0) is 15.8 Å². The number of rotatable bonds is 5. The smallest absolute Gasteiger partial charge is 0.216 e. The number of halogens is 1. The molecular formula is C13H19FN2O2S. The summed E-state index contributed by atoms with van der Waals surface area (Å²) in [5.74, 6) is -0.516. The Bertz CT molecular complexity index is 522. The van der Waals surface area contributed by atoms with Crippen molar-refractivity contribution in [2.24, 2.45) is 5.73 Å². The second-order valence-electron chi connectivity index (χ2n) is 5.18. The maximum absolute atomic E-state index is 12.8. The Labute approximate surface area is 113 Å². The van der Waals surface area contributed by atoms with Crippen LogP contribution in [0.25, 0.3) is 0 Å². The first-order valence-electron chi connectivity index (χ1n) is 6.41. The quantitative estimate of drug-likeness (QED) is 0.862. The van der Waals surface area contributed by atoms with Crippen LogP contribution in [0.1, 0.15) is 31.2 Å². The Hall–Kier alpha value is -0.980. The van der Waals surface area contributed by atoms with E-state index in [1.807, 2.05) is 0 Å². The Morgan fingerprint density at radius 3 is 2.32 bits per heavy atom. The molecule has 0 unspecified atom stereocenters. The molecule has 0 bridgehead atoms. The van der Waals surface area contributed by atoms with E-state index in [1.54, 1.807) is 0 Å². The van der Waals surface area contributed by atoms with Crippen molar-refractivity contribution in [3.63, 3.8) is 0 Å². The zero-order valence-corrected chi connectivity index (χ0v) is 11.5. The molecule has 1 aromatic rings. The van der Waals surface area contributed by atoms with Gasteiger partial charge >= 0.3 is 0 Å². The van der Waals surface area contributed by atoms with Gasteiger partial charge in [-0.2, -0.15) is 0 Å². The van der Waals surface area contributed by atoms with Crippen LogP contribution < -0.4 is 10.5 Å². The van der Waals surface area contributed by atoms with Gasteiger partial charge in [-0.15, -0.1) is 0 Å². The molecule has 1 aliphatic rings. The third-order valence-corrected chi connectivity index (χ3v) is 5.05. The Morgan fingerprint density at radius 1 is 1.21 bits per heavy atom. The van der Waals surface area contributed by atoms with Gasteiger partial charge in [-0.3, -0.25) is 0 Å². The van der Waals surface area contributed by atoms with Gasteiger partial charge in [0, 0.05) is 12.1 Å². The van der Waals surface area contributed by atoms with Crippen molar-refractivity contribution < 1.29 is 12.8 Å². The third-order valence-electron chi connectivity index (χ3n) is 3.59. The van der Waals surface area contributed by atoms with Crippen molar-refractivity contribution in [2.45, 2.75) is 37.0 Å². The molecule has 0 saturated heterocycles. The van der Waals surface area contributed by atoms with Gasteiger partial charge in [0.1, 0.15) is 5.82 Å². The Balaban J connectivity index is 2.08. The topological polar surface area (TPSA) is 72.2 Å². The fourth-order valence-corrected chi connectivity index (χ4v) is 4.22. The van der Waals surface area contributed by atoms with Crippen LogP contribution in [-0.4, -0.2) is 20.5 Å². The number of hydrogen-bond donors (Lipinski definition) is 2. The van der Waals surface area contributed by atoms with E-state index in [0.717, 1.165) is 25.7 Å². The first-order chi connectivity index (χ1) is 8.95. The first kappa shape index (κ1) is 14.4. The molecule has 0 spiro atoms. The molecule has 1 aliphatic carbocycles. The van der Waals surface area contributed by atoms with E-state index in [9.17, 15) is 12.8 Å². The van der Waals surface area contributed by atoms with Crippen LogP contribution in [0, 0.1) is 5.82 Å². The van der Waals surface area contributed by atoms with Gasteiger partial charge in [0.2, 0.25) is 10.0 Å². The van der Waals surface area contributed by atoms with Crippen molar-refractivity contribution >= 4 is 10.0 Å². The molecule has 0 atom stereocenters. The third kappa shape index (κ3) is 3.75. The van der Waals surface area contributed by atoms with Crippen molar-refractivity contribution in [3.05, 3.63) is 35.6 Å². The zero-order chi connectivity index (χ0) is 13.9. The SMILES string of the molecule is NCC1(NS(=O)(=O)Cc2ccc(F)cc2)CCCC1. The van der Waals surface area contributed by atoms with Crippen molar-refractivity contribution in [2.75, 3.05) is 6.54 Å². The second kappa shape index (κ2) is 5.56. The van der Waals surface area contributed by atoms with Crippen LogP contribution in [0.15, 0.2) is 24.3 Å². The fourth-order valence-electron chi connectivity index (χ4n) is 2.57. The summed E-state index contributed by atoms with van der Waals surface area (Å²) in [6.45, 7) is 0.315. The summed E-state index contributed by atoms with van der Waals surface area (Å²) >= 11 is 0. The summed E-state index contributed by atoms with van der Waals surface area (Å²) in [6.07, 6.45) is 3.56. The lowest BCUT2D eigenvalue weighted by Crippen LogP contribution is -2.51. The molecule has 19 heavy (non-hydrogen) atoms. The minimum atomic E-state index is -3.45. The summed E-state index contributed by atoms with van der Waals surface area (Å²) in [5.41, 5.74) is 5.79. The van der Waals surface area contributed by atoms with Crippen molar-refractivity contribution in [1.82, 2.24) is 4.72 Å². The van der Waals surface area contributed by atoms with Gasteiger partial charge in [0.05, 0.1) is 5.75 Å². The lowest BCUT2D eigenvalue weighted by Gasteiger charge is -2.28. The summed E-state index contributed by atoms with van der Waals surface area (Å²) in [6, 6.07) is 5.49. The van der Waals surface area contributed by atoms with Crippen LogP contribution in [0.3, 0.4) is 0 Å². The first-order valence-corrected chi connectivity index (χ1v) is 8.06. The average Bonchev–Trinajstić information content (AvgIpc) is 2.80. The van der Waals surface area contributed by atoms with E-state index in [2.05, 4.69) is 4.72 Å². The molecule has 1 fully saturated rings. The standard InChI is InChI=1S/C13H19FN2O2S/c14-12-5-3-11(4-6-12)9-19(17,18)16-13(10-15)7-1-2-8-13/h3-6,16H,1-2,7-10,15H2. The van der Waals surface area contributed by atoms with Crippen molar-refractivity contribution in [1.29, 1.82) is 0 Å². The van der Waals surface area contributed by atoms with Gasteiger partial charge in [0.15, 0.2) is 0 Å². The van der Waals surface area contributed by atoms with E-state index in [1.165, 1.54) is 24.3 Å². The average molecular weight is 286 g/mol. The predicted octanol–water partition coefficient (Wildman–Crippen LogP) is 1.52. The highest BCUT2D eigenvalue weighted by molar-refractivity contribution is 7.88. The molecule has 6 heteroatoms. The zero-order valence-electron chi connectivity index (χ0n) is 10.7. The minimum Gasteiger partial charge on any atom is -0.329 e. The van der Waals surface area contributed by atoms with Crippen LogP contribution in [0.5, 0.6) is 0 Å². The summed E-state index contributed by atoms with van der Waals surface area (Å²) in [7, 11) is -3.45. The van der Waals surface area contributed by atoms with E-state index in [0.29, 0.717) is 12.1 Å². The van der Waals surface area contributed by atoms with Gasteiger partial charge in [0.25, 0.3) is 0 Å². The van der Waals surface area contributed by atoms with E-state index in [-0.39, 0.29) is 11.6 Å². The molecule has 0 aromatic heterocycles. The molecule has 0 aliphatic heterocycles. The Kier molecular flexibility index (Phi) is 4.23. The Morgan fingerprint density at radius 2 is 1.79 bits per heavy atom. The number of nitrogens with one attached hydrogen (secondary N) is 1. The number of hydrogen-bond acceptors (Lipinski definition) is 3. The summed E-state index contributed by atoms with van der Waals surface area (Å²) < 4.78 is 39.8. The molecule has 0 heterocycles. The van der Waals surface area contributed by atoms with Crippen LogP contribution in [0.4, 0.5) is 4.39 Å². The van der Waals surface area contributed by atoms with Gasteiger partial charge < -0.3 is 5.73 Å². The lowest BCUT2D eigenvalue weighted by molar-refractivity contribution is 0.399. The number of sulfonamides is 1. The van der Waals surface area contributed by atoms with Gasteiger partial charge in [-0.1, -0.05) is 25.0 Å². The highest BCUT2D eigenvalue weighted by Gasteiger charge is 2.36. The molecule has 3 N–H and O–H groups in total. The fraction of sp³-hybridized carbons (Fsp3) is 0.538. The van der Waals surface area contributed by atoms with Crippen LogP contribution >= 0.6 is 0 Å². The highest BCUT2D eigenvalue weighted by Crippen LogP contribution is 2.29. The van der Waals surface area contributed by atoms with E-state index >= 15 is 0 Å². The van der Waals surface area contributed by atoms with Gasteiger partial charge in [-0.05, 0) is 30.5 Å². The second-order valence-corrected chi connectivity index (χ2v) is 6.90. The lowest BCUT2D eigenvalue weighted by atomic mass is 10.0. The maximum atomic E-state index is 12.8. The van der Waals surface area contributed by atoms with Gasteiger partial charge in [-0.25, -0.2) is 17.5 Å². The molecule has 1 saturated carbocycles. The monoisotopic (exact) mass is 286 g/mol. The maximum Gasteiger partial charge on any atom is 0.216 e. The number of nitrogens with two attached hydrogens (primary N) is 1. The molecule has 0 radical (unpaired) electrons.